The van der Waals surface area contributed by atoms with Crippen LogP contribution in [0, 0.1) is 24.2 Å². The molecule has 1 aliphatic carbocycles. The molecule has 0 aliphatic heterocycles. The van der Waals surface area contributed by atoms with E-state index >= 15 is 0 Å². The number of ether oxygens (including phenoxy) is 1. The molecule has 2 nitrogen and oxygen atoms in total. The highest BCUT2D eigenvalue weighted by atomic mass is 79.9. The van der Waals surface area contributed by atoms with Crippen molar-refractivity contribution in [2.24, 2.45) is 11.8 Å². The van der Waals surface area contributed by atoms with Crippen LogP contribution in [0.4, 0.5) is 0 Å². The van der Waals surface area contributed by atoms with Crippen LogP contribution in [0.5, 0.6) is 5.75 Å². The maximum Gasteiger partial charge on any atom is 0.148 e. The van der Waals surface area contributed by atoms with E-state index < -0.39 is 0 Å². The van der Waals surface area contributed by atoms with Crippen molar-refractivity contribution in [3.05, 3.63) is 28.2 Å². The number of rotatable bonds is 6. The first-order valence-corrected chi connectivity index (χ1v) is 8.55. The summed E-state index contributed by atoms with van der Waals surface area (Å²) in [6.45, 7) is 4.60. The zero-order valence-corrected chi connectivity index (χ0v) is 14.3. The Kier molecular flexibility index (Phi) is 6.60. The molecule has 1 aromatic rings. The van der Waals surface area contributed by atoms with Gasteiger partial charge in [-0.2, -0.15) is 0 Å². The summed E-state index contributed by atoms with van der Waals surface area (Å²) in [7, 11) is 0. The van der Waals surface area contributed by atoms with Crippen LogP contribution in [-0.4, -0.2) is 13.2 Å². The molecule has 3 heteroatoms. The number of benzene rings is 1. The monoisotopic (exact) mass is 349 g/mol. The minimum absolute atomic E-state index is 0.314. The molecule has 1 N–H and O–H groups in total. The second kappa shape index (κ2) is 8.46. The first kappa shape index (κ1) is 16.4. The van der Waals surface area contributed by atoms with Crippen molar-refractivity contribution in [3.8, 4) is 18.1 Å². The predicted molar refractivity (Wildman–Crippen MR) is 91.3 cm³/mol. The zero-order valence-electron chi connectivity index (χ0n) is 12.7. The van der Waals surface area contributed by atoms with Crippen molar-refractivity contribution < 1.29 is 4.74 Å². The summed E-state index contributed by atoms with van der Waals surface area (Å²) >= 11 is 3.52. The molecular formula is C18H24BrNO. The quantitative estimate of drug-likeness (QED) is 0.769. The van der Waals surface area contributed by atoms with Gasteiger partial charge in [-0.1, -0.05) is 48.0 Å². The lowest BCUT2D eigenvalue weighted by molar-refractivity contribution is 0.247. The number of halogens is 1. The highest BCUT2D eigenvalue weighted by Crippen LogP contribution is 2.29. The summed E-state index contributed by atoms with van der Waals surface area (Å²) in [6.07, 6.45) is 10.8. The molecule has 0 aromatic heterocycles. The molecular weight excluding hydrogens is 326 g/mol. The van der Waals surface area contributed by atoms with Gasteiger partial charge in [0, 0.05) is 16.6 Å². The van der Waals surface area contributed by atoms with Crippen molar-refractivity contribution in [1.82, 2.24) is 5.32 Å². The van der Waals surface area contributed by atoms with Crippen molar-refractivity contribution >= 4 is 15.9 Å². The number of nitrogens with one attached hydrogen (secondary N) is 1. The largest absolute Gasteiger partial charge is 0.481 e. The Balaban J connectivity index is 1.89. The van der Waals surface area contributed by atoms with Gasteiger partial charge in [0.05, 0.1) is 0 Å². The van der Waals surface area contributed by atoms with Crippen LogP contribution in [0.25, 0.3) is 0 Å². The Morgan fingerprint density at radius 3 is 2.95 bits per heavy atom. The zero-order chi connectivity index (χ0) is 15.1. The van der Waals surface area contributed by atoms with Crippen molar-refractivity contribution in [3.63, 3.8) is 0 Å². The fourth-order valence-corrected chi connectivity index (χ4v) is 3.44. The molecule has 0 radical (unpaired) electrons. The van der Waals surface area contributed by atoms with Gasteiger partial charge in [-0.3, -0.25) is 0 Å². The molecule has 1 saturated carbocycles. The molecule has 21 heavy (non-hydrogen) atoms. The first-order valence-electron chi connectivity index (χ1n) is 7.76. The van der Waals surface area contributed by atoms with E-state index in [0.29, 0.717) is 6.61 Å². The number of hydrogen-bond acceptors (Lipinski definition) is 2. The molecule has 114 valence electrons. The molecule has 2 atom stereocenters. The van der Waals surface area contributed by atoms with E-state index in [-0.39, 0.29) is 0 Å². The average Bonchev–Trinajstić information content (AvgIpc) is 2.48. The van der Waals surface area contributed by atoms with Crippen LogP contribution < -0.4 is 10.1 Å². The van der Waals surface area contributed by atoms with E-state index in [1.165, 1.54) is 25.7 Å². The Morgan fingerprint density at radius 1 is 1.38 bits per heavy atom. The Labute approximate surface area is 136 Å². The van der Waals surface area contributed by atoms with Gasteiger partial charge in [0.25, 0.3) is 0 Å². The normalized spacial score (nSPS) is 21.8. The van der Waals surface area contributed by atoms with E-state index in [1.54, 1.807) is 0 Å². The van der Waals surface area contributed by atoms with Crippen LogP contribution in [-0.2, 0) is 6.54 Å². The third-order valence-electron chi connectivity index (χ3n) is 4.34. The summed E-state index contributed by atoms with van der Waals surface area (Å²) < 4.78 is 6.68. The van der Waals surface area contributed by atoms with Crippen molar-refractivity contribution in [2.75, 3.05) is 13.2 Å². The average molecular weight is 350 g/mol. The molecule has 1 aliphatic rings. The molecule has 1 aromatic carbocycles. The maximum atomic E-state index is 5.61. The topological polar surface area (TPSA) is 21.3 Å². The Bertz CT molecular complexity index is 494. The summed E-state index contributed by atoms with van der Waals surface area (Å²) in [5.74, 6) is 5.04. The molecule has 0 heterocycles. The first-order chi connectivity index (χ1) is 10.2. The van der Waals surface area contributed by atoms with E-state index in [4.69, 9.17) is 11.2 Å². The third kappa shape index (κ3) is 5.05. The van der Waals surface area contributed by atoms with Crippen LogP contribution in [0.2, 0.25) is 0 Å². The smallest absolute Gasteiger partial charge is 0.148 e. The summed E-state index contributed by atoms with van der Waals surface area (Å²) in [5, 5.41) is 3.59. The number of terminal acetylenes is 1. The van der Waals surface area contributed by atoms with Crippen LogP contribution in [0.3, 0.4) is 0 Å². The third-order valence-corrected chi connectivity index (χ3v) is 4.84. The van der Waals surface area contributed by atoms with Crippen LogP contribution in [0.15, 0.2) is 22.7 Å². The lowest BCUT2D eigenvalue weighted by Gasteiger charge is -2.29. The predicted octanol–water partition coefficient (Wildman–Crippen LogP) is 4.38. The summed E-state index contributed by atoms with van der Waals surface area (Å²) in [4.78, 5) is 0. The summed E-state index contributed by atoms with van der Waals surface area (Å²) in [5.41, 5.74) is 1.16. The Hall–Kier alpha value is -0.980. The second-order valence-electron chi connectivity index (χ2n) is 5.90. The van der Waals surface area contributed by atoms with Gasteiger partial charge in [0.2, 0.25) is 0 Å². The molecule has 1 fully saturated rings. The highest BCUT2D eigenvalue weighted by Gasteiger charge is 2.20. The summed E-state index contributed by atoms with van der Waals surface area (Å²) in [6, 6.07) is 6.06. The molecule has 0 bridgehead atoms. The SMILES string of the molecule is C#CCOc1ccc(Br)cc1CNCC1CCCCC1C. The van der Waals surface area contributed by atoms with E-state index in [2.05, 4.69) is 40.2 Å². The van der Waals surface area contributed by atoms with Crippen LogP contribution >= 0.6 is 15.9 Å². The second-order valence-corrected chi connectivity index (χ2v) is 6.81. The Morgan fingerprint density at radius 2 is 2.19 bits per heavy atom. The van der Waals surface area contributed by atoms with Gasteiger partial charge in [-0.15, -0.1) is 6.42 Å². The fourth-order valence-electron chi connectivity index (χ4n) is 3.03. The fraction of sp³-hybridized carbons (Fsp3) is 0.556. The molecule has 0 spiro atoms. The van der Waals surface area contributed by atoms with Crippen molar-refractivity contribution in [1.29, 1.82) is 0 Å². The minimum Gasteiger partial charge on any atom is -0.481 e. The lowest BCUT2D eigenvalue weighted by Crippen LogP contribution is -2.29. The lowest BCUT2D eigenvalue weighted by atomic mass is 9.80. The van der Waals surface area contributed by atoms with Gasteiger partial charge < -0.3 is 10.1 Å². The van der Waals surface area contributed by atoms with E-state index in [1.807, 2.05) is 12.1 Å². The number of hydrogen-bond donors (Lipinski definition) is 1. The van der Waals surface area contributed by atoms with Gasteiger partial charge in [-0.05, 0) is 43.0 Å². The maximum absolute atomic E-state index is 5.61. The molecule has 0 amide bonds. The highest BCUT2D eigenvalue weighted by molar-refractivity contribution is 9.10. The van der Waals surface area contributed by atoms with Crippen molar-refractivity contribution in [2.45, 2.75) is 39.2 Å². The van der Waals surface area contributed by atoms with Gasteiger partial charge >= 0.3 is 0 Å². The van der Waals surface area contributed by atoms with Gasteiger partial charge in [0.1, 0.15) is 12.4 Å². The van der Waals surface area contributed by atoms with Gasteiger partial charge in [0.15, 0.2) is 0 Å². The van der Waals surface area contributed by atoms with Gasteiger partial charge in [-0.25, -0.2) is 0 Å². The molecule has 2 unspecified atom stereocenters. The molecule has 0 saturated heterocycles. The van der Waals surface area contributed by atoms with E-state index in [0.717, 1.165) is 40.7 Å². The van der Waals surface area contributed by atoms with E-state index in [9.17, 15) is 0 Å². The minimum atomic E-state index is 0.314. The molecule has 2 rings (SSSR count). The van der Waals surface area contributed by atoms with Crippen LogP contribution in [0.1, 0.15) is 38.2 Å². The standard InChI is InChI=1S/C18H24BrNO/c1-3-10-21-18-9-8-17(19)11-16(18)13-20-12-15-7-5-4-6-14(15)2/h1,8-9,11,14-15,20H,4-7,10,12-13H2,2H3.